The van der Waals surface area contributed by atoms with Crippen molar-refractivity contribution < 1.29 is 23.8 Å². The number of rotatable bonds is 4. The average Bonchev–Trinajstić information content (AvgIpc) is 3.22. The Morgan fingerprint density at radius 3 is 2.65 bits per heavy atom. The first-order chi connectivity index (χ1) is 12.5. The number of nitrogens with zero attached hydrogens (tertiary/aromatic N) is 1. The van der Waals surface area contributed by atoms with Crippen LogP contribution in [-0.2, 0) is 20.9 Å². The Labute approximate surface area is 151 Å². The van der Waals surface area contributed by atoms with Crippen LogP contribution in [0.2, 0.25) is 0 Å². The zero-order chi connectivity index (χ0) is 18.4. The van der Waals surface area contributed by atoms with E-state index in [0.29, 0.717) is 18.4 Å². The highest BCUT2D eigenvalue weighted by molar-refractivity contribution is 6.17. The van der Waals surface area contributed by atoms with Crippen molar-refractivity contribution in [1.29, 1.82) is 0 Å². The lowest BCUT2D eigenvalue weighted by atomic mass is 9.78. The molecule has 1 N–H and O–H groups in total. The second-order valence-corrected chi connectivity index (χ2v) is 7.39. The van der Waals surface area contributed by atoms with E-state index in [1.165, 1.54) is 12.1 Å². The predicted octanol–water partition coefficient (Wildman–Crippen LogP) is 2.96. The maximum Gasteiger partial charge on any atom is 0.347 e. The summed E-state index contributed by atoms with van der Waals surface area (Å²) in [5.74, 6) is -1.26. The van der Waals surface area contributed by atoms with Gasteiger partial charge in [-0.05, 0) is 55.7 Å². The predicted molar refractivity (Wildman–Crippen MR) is 91.3 cm³/mol. The van der Waals surface area contributed by atoms with Gasteiger partial charge in [-0.2, -0.15) is 0 Å². The van der Waals surface area contributed by atoms with E-state index >= 15 is 0 Å². The summed E-state index contributed by atoms with van der Waals surface area (Å²) < 4.78 is 18.2. The van der Waals surface area contributed by atoms with E-state index in [1.807, 2.05) is 0 Å². The normalized spacial score (nSPS) is 29.9. The highest BCUT2D eigenvalue weighted by Gasteiger charge is 2.57. The molecule has 2 saturated carbocycles. The first-order valence-electron chi connectivity index (χ1n) is 9.17. The number of hydrogen-bond donors (Lipinski definition) is 1. The molecule has 0 aromatic heterocycles. The zero-order valence-corrected chi connectivity index (χ0v) is 14.7. The van der Waals surface area contributed by atoms with Crippen LogP contribution >= 0.6 is 0 Å². The van der Waals surface area contributed by atoms with E-state index in [-0.39, 0.29) is 35.7 Å². The lowest BCUT2D eigenvalue weighted by molar-refractivity contribution is -0.146. The van der Waals surface area contributed by atoms with Gasteiger partial charge in [-0.15, -0.1) is 0 Å². The van der Waals surface area contributed by atoms with E-state index in [0.717, 1.165) is 24.8 Å². The molecule has 2 aliphatic carbocycles. The van der Waals surface area contributed by atoms with Gasteiger partial charge >= 0.3 is 5.97 Å². The van der Waals surface area contributed by atoms with Gasteiger partial charge < -0.3 is 14.7 Å². The van der Waals surface area contributed by atoms with Crippen molar-refractivity contribution in [2.75, 3.05) is 6.61 Å². The molecule has 0 saturated heterocycles. The summed E-state index contributed by atoms with van der Waals surface area (Å²) in [5, 5.41) is 10.7. The van der Waals surface area contributed by atoms with Crippen LogP contribution in [0.3, 0.4) is 0 Å². The van der Waals surface area contributed by atoms with Crippen LogP contribution in [0.15, 0.2) is 35.6 Å². The van der Waals surface area contributed by atoms with Gasteiger partial charge in [0, 0.05) is 18.5 Å². The van der Waals surface area contributed by atoms with Crippen LogP contribution in [0.5, 0.6) is 0 Å². The van der Waals surface area contributed by atoms with E-state index in [9.17, 15) is 19.1 Å². The Bertz CT molecular complexity index is 773. The molecule has 4 rings (SSSR count). The Morgan fingerprint density at radius 2 is 1.96 bits per heavy atom. The minimum Gasteiger partial charge on any atom is -0.511 e. The summed E-state index contributed by atoms with van der Waals surface area (Å²) in [5.41, 5.74) is 0.564. The lowest BCUT2D eigenvalue weighted by Crippen LogP contribution is -2.53. The number of ether oxygens (including phenoxy) is 1. The van der Waals surface area contributed by atoms with Crippen molar-refractivity contribution in [3.63, 3.8) is 0 Å². The smallest absolute Gasteiger partial charge is 0.347 e. The number of fused-ring (bicyclic) bond motifs is 5. The van der Waals surface area contributed by atoms with Gasteiger partial charge in [-0.1, -0.05) is 12.1 Å². The van der Waals surface area contributed by atoms with Gasteiger partial charge in [0.25, 0.3) is 5.91 Å². The Balaban J connectivity index is 1.72. The van der Waals surface area contributed by atoms with Gasteiger partial charge in [0.05, 0.1) is 6.61 Å². The van der Waals surface area contributed by atoms with Gasteiger partial charge in [-0.25, -0.2) is 9.18 Å². The largest absolute Gasteiger partial charge is 0.511 e. The fourth-order valence-electron chi connectivity index (χ4n) is 5.01. The molecule has 5 nitrogen and oxygen atoms in total. The molecule has 0 radical (unpaired) electrons. The molecule has 26 heavy (non-hydrogen) atoms. The van der Waals surface area contributed by atoms with Crippen molar-refractivity contribution in [2.24, 2.45) is 17.8 Å². The first kappa shape index (κ1) is 17.1. The fourth-order valence-corrected chi connectivity index (χ4v) is 5.01. The van der Waals surface area contributed by atoms with Gasteiger partial charge in [0.1, 0.15) is 11.6 Å². The van der Waals surface area contributed by atoms with Crippen LogP contribution in [0.4, 0.5) is 4.39 Å². The summed E-state index contributed by atoms with van der Waals surface area (Å²) in [6, 6.07) is 5.91. The molecule has 1 amide bonds. The van der Waals surface area contributed by atoms with E-state index in [2.05, 4.69) is 0 Å². The van der Waals surface area contributed by atoms with Gasteiger partial charge in [-0.3, -0.25) is 4.79 Å². The summed E-state index contributed by atoms with van der Waals surface area (Å²) in [6.07, 6.45) is 2.99. The summed E-state index contributed by atoms with van der Waals surface area (Å²) in [6.45, 7) is 2.10. The Morgan fingerprint density at radius 1 is 1.27 bits per heavy atom. The standard InChI is InChI=1S/C20H22FNO4/c1-2-26-20(25)16-18(23)15-12-5-6-13(9-12)17(15)22(19(16)24)10-11-3-7-14(21)8-4-11/h3-4,7-8,12-13,15,17,23H,2,5-6,9-10H2,1H3/t12-,13+,15?,17?/m1/s1. The molecule has 2 fully saturated rings. The number of carbonyl (C=O) groups is 2. The minimum absolute atomic E-state index is 0.0963. The molecule has 138 valence electrons. The number of esters is 1. The Kier molecular flexibility index (Phi) is 4.21. The number of carbonyl (C=O) groups excluding carboxylic acids is 2. The highest BCUT2D eigenvalue weighted by Crippen LogP contribution is 2.55. The van der Waals surface area contributed by atoms with Crippen molar-refractivity contribution >= 4 is 11.9 Å². The first-order valence-corrected chi connectivity index (χ1v) is 9.17. The quantitative estimate of drug-likeness (QED) is 0.663. The SMILES string of the molecule is CCOC(=O)C1=C(O)C2C([C@H]3CC[C@@H]2C3)N(Cc2ccc(F)cc2)C1=O. The fraction of sp³-hybridized carbons (Fsp3) is 0.500. The Hall–Kier alpha value is -2.37. The molecular formula is C20H22FNO4. The molecule has 6 heteroatoms. The molecule has 2 unspecified atom stereocenters. The van der Waals surface area contributed by atoms with Crippen LogP contribution in [0.25, 0.3) is 0 Å². The second kappa shape index (κ2) is 6.41. The second-order valence-electron chi connectivity index (χ2n) is 7.39. The van der Waals surface area contributed by atoms with Gasteiger partial charge in [0.15, 0.2) is 5.57 Å². The molecule has 4 atom stereocenters. The van der Waals surface area contributed by atoms with E-state index in [1.54, 1.807) is 24.0 Å². The molecule has 1 aromatic rings. The summed E-state index contributed by atoms with van der Waals surface area (Å²) in [4.78, 5) is 27.1. The number of benzene rings is 1. The molecule has 0 spiro atoms. The van der Waals surface area contributed by atoms with Crippen LogP contribution in [-0.4, -0.2) is 34.5 Å². The molecule has 2 bridgehead atoms. The molecule has 1 aromatic carbocycles. The number of halogens is 1. The zero-order valence-electron chi connectivity index (χ0n) is 14.7. The third-order valence-corrected chi connectivity index (χ3v) is 6.02. The van der Waals surface area contributed by atoms with Crippen LogP contribution < -0.4 is 0 Å². The van der Waals surface area contributed by atoms with Crippen molar-refractivity contribution in [1.82, 2.24) is 4.90 Å². The van der Waals surface area contributed by atoms with Crippen LogP contribution in [0.1, 0.15) is 31.7 Å². The van der Waals surface area contributed by atoms with Gasteiger partial charge in [0.2, 0.25) is 0 Å². The monoisotopic (exact) mass is 359 g/mol. The highest BCUT2D eigenvalue weighted by atomic mass is 19.1. The number of amides is 1. The summed E-state index contributed by atoms with van der Waals surface area (Å²) in [7, 11) is 0. The maximum atomic E-state index is 13.2. The lowest BCUT2D eigenvalue weighted by Gasteiger charge is -2.43. The molecule has 3 aliphatic rings. The molecule has 1 aliphatic heterocycles. The third kappa shape index (κ3) is 2.59. The molecular weight excluding hydrogens is 337 g/mol. The summed E-state index contributed by atoms with van der Waals surface area (Å²) >= 11 is 0. The van der Waals surface area contributed by atoms with Crippen molar-refractivity contribution in [2.45, 2.75) is 38.8 Å². The van der Waals surface area contributed by atoms with Crippen molar-refractivity contribution in [3.05, 3.63) is 47.0 Å². The number of aliphatic hydroxyl groups excluding tert-OH is 1. The average molecular weight is 359 g/mol. The van der Waals surface area contributed by atoms with Crippen molar-refractivity contribution in [3.8, 4) is 0 Å². The number of hydrogen-bond acceptors (Lipinski definition) is 4. The topological polar surface area (TPSA) is 66.8 Å². The third-order valence-electron chi connectivity index (χ3n) is 6.02. The maximum absolute atomic E-state index is 13.2. The number of aliphatic hydroxyl groups is 1. The van der Waals surface area contributed by atoms with E-state index in [4.69, 9.17) is 4.74 Å². The van der Waals surface area contributed by atoms with Crippen LogP contribution in [0, 0.1) is 23.6 Å². The minimum atomic E-state index is -0.764. The van der Waals surface area contributed by atoms with E-state index < -0.39 is 11.9 Å². The molecule has 1 heterocycles.